The van der Waals surface area contributed by atoms with E-state index in [9.17, 15) is 4.79 Å². The maximum Gasteiger partial charge on any atom is 0.223 e. The number of alkyl halides is 1. The van der Waals surface area contributed by atoms with Gasteiger partial charge < -0.3 is 5.32 Å². The van der Waals surface area contributed by atoms with E-state index in [1.807, 2.05) is 0 Å². The van der Waals surface area contributed by atoms with Crippen molar-refractivity contribution in [1.82, 2.24) is 5.32 Å². The fraction of sp³-hybridized carbons (Fsp3) is 0.929. The number of rotatable bonds is 7. The summed E-state index contributed by atoms with van der Waals surface area (Å²) in [4.78, 5) is 12.0. The summed E-state index contributed by atoms with van der Waals surface area (Å²) in [5, 5.41) is 4.24. The molecule has 2 nitrogen and oxygen atoms in total. The van der Waals surface area contributed by atoms with Crippen LogP contribution in [0.5, 0.6) is 0 Å². The quantitative estimate of drug-likeness (QED) is 0.566. The average Bonchev–Trinajstić information content (AvgIpc) is 2.95. The largest absolute Gasteiger partial charge is 0.356 e. The van der Waals surface area contributed by atoms with Crippen LogP contribution in [0, 0.1) is 17.8 Å². The first kappa shape index (κ1) is 13.4. The Morgan fingerprint density at radius 1 is 1.12 bits per heavy atom. The van der Waals surface area contributed by atoms with Crippen LogP contribution in [-0.2, 0) is 4.79 Å². The van der Waals surface area contributed by atoms with Crippen LogP contribution in [0.3, 0.4) is 0 Å². The second-order valence-corrected chi connectivity index (χ2v) is 6.47. The highest BCUT2D eigenvalue weighted by Crippen LogP contribution is 2.48. The average molecular weight is 302 g/mol. The van der Waals surface area contributed by atoms with E-state index < -0.39 is 0 Å². The highest BCUT2D eigenvalue weighted by atomic mass is 79.9. The molecule has 1 amide bonds. The van der Waals surface area contributed by atoms with Crippen molar-refractivity contribution in [2.45, 2.75) is 51.4 Å². The number of carbonyl (C=O) groups excluding carboxylic acids is 1. The number of amides is 1. The lowest BCUT2D eigenvalue weighted by Gasteiger charge is -2.20. The molecule has 0 heterocycles. The summed E-state index contributed by atoms with van der Waals surface area (Å²) in [7, 11) is 0. The SMILES string of the molecule is O=C(NCCCCCCBr)C1CC2CCC1C2. The molecule has 0 saturated heterocycles. The van der Waals surface area contributed by atoms with E-state index in [1.54, 1.807) is 0 Å². The summed E-state index contributed by atoms with van der Waals surface area (Å²) in [6, 6.07) is 0. The first-order valence-corrected chi connectivity index (χ1v) is 8.27. The molecule has 17 heavy (non-hydrogen) atoms. The molecule has 2 bridgehead atoms. The molecule has 1 N–H and O–H groups in total. The van der Waals surface area contributed by atoms with Crippen LogP contribution in [0.25, 0.3) is 0 Å². The molecule has 3 heteroatoms. The third-order valence-corrected chi connectivity index (χ3v) is 5.00. The number of unbranched alkanes of at least 4 members (excludes halogenated alkanes) is 3. The number of nitrogens with one attached hydrogen (secondary N) is 1. The number of carbonyl (C=O) groups is 1. The van der Waals surface area contributed by atoms with Crippen molar-refractivity contribution in [3.8, 4) is 0 Å². The van der Waals surface area contributed by atoms with Gasteiger partial charge in [-0.3, -0.25) is 4.79 Å². The van der Waals surface area contributed by atoms with Crippen LogP contribution >= 0.6 is 15.9 Å². The number of hydrogen-bond donors (Lipinski definition) is 1. The molecule has 3 unspecified atom stereocenters. The molecule has 2 saturated carbocycles. The standard InChI is InChI=1S/C14H24BrNO/c15-7-3-1-2-4-8-16-14(17)13-10-11-5-6-12(13)9-11/h11-13H,1-10H2,(H,16,17). The monoisotopic (exact) mass is 301 g/mol. The minimum absolute atomic E-state index is 0.345. The Balaban J connectivity index is 1.55. The van der Waals surface area contributed by atoms with Crippen LogP contribution in [0.15, 0.2) is 0 Å². The van der Waals surface area contributed by atoms with Crippen molar-refractivity contribution in [3.05, 3.63) is 0 Å². The molecule has 0 aliphatic heterocycles. The summed E-state index contributed by atoms with van der Waals surface area (Å²) < 4.78 is 0. The molecule has 0 aromatic rings. The summed E-state index contributed by atoms with van der Waals surface area (Å²) in [6.45, 7) is 0.884. The van der Waals surface area contributed by atoms with Gasteiger partial charge in [0.15, 0.2) is 0 Å². The van der Waals surface area contributed by atoms with Crippen molar-refractivity contribution < 1.29 is 4.79 Å². The van der Waals surface area contributed by atoms with E-state index in [0.29, 0.717) is 17.7 Å². The van der Waals surface area contributed by atoms with Gasteiger partial charge in [-0.05, 0) is 43.9 Å². The zero-order chi connectivity index (χ0) is 12.1. The van der Waals surface area contributed by atoms with E-state index >= 15 is 0 Å². The summed E-state index contributed by atoms with van der Waals surface area (Å²) in [5.74, 6) is 2.29. The van der Waals surface area contributed by atoms with Crippen LogP contribution in [0.4, 0.5) is 0 Å². The second kappa shape index (κ2) is 6.77. The predicted octanol–water partition coefficient (Wildman–Crippen LogP) is 3.49. The first-order chi connectivity index (χ1) is 8.31. The van der Waals surface area contributed by atoms with Crippen molar-refractivity contribution in [1.29, 1.82) is 0 Å². The molecule has 0 aromatic heterocycles. The molecular weight excluding hydrogens is 278 g/mol. The predicted molar refractivity (Wildman–Crippen MR) is 74.2 cm³/mol. The third-order valence-electron chi connectivity index (χ3n) is 4.43. The van der Waals surface area contributed by atoms with Gasteiger partial charge >= 0.3 is 0 Å². The number of fused-ring (bicyclic) bond motifs is 2. The Hall–Kier alpha value is -0.0500. The van der Waals surface area contributed by atoms with Gasteiger partial charge in [0.2, 0.25) is 5.91 Å². The third kappa shape index (κ3) is 3.70. The topological polar surface area (TPSA) is 29.1 Å². The maximum absolute atomic E-state index is 12.0. The van der Waals surface area contributed by atoms with Gasteiger partial charge in [0.25, 0.3) is 0 Å². The maximum atomic E-state index is 12.0. The van der Waals surface area contributed by atoms with Crippen LogP contribution in [0.1, 0.15) is 51.4 Å². The Morgan fingerprint density at radius 3 is 2.59 bits per heavy atom. The first-order valence-electron chi connectivity index (χ1n) is 7.15. The molecule has 0 radical (unpaired) electrons. The zero-order valence-corrected chi connectivity index (χ0v) is 12.2. The zero-order valence-electron chi connectivity index (χ0n) is 10.6. The molecule has 2 fully saturated rings. The number of halogens is 1. The van der Waals surface area contributed by atoms with Gasteiger partial charge in [0.1, 0.15) is 0 Å². The van der Waals surface area contributed by atoms with Crippen LogP contribution in [-0.4, -0.2) is 17.8 Å². The van der Waals surface area contributed by atoms with Gasteiger partial charge in [-0.25, -0.2) is 0 Å². The smallest absolute Gasteiger partial charge is 0.223 e. The van der Waals surface area contributed by atoms with E-state index in [-0.39, 0.29) is 0 Å². The fourth-order valence-electron chi connectivity index (χ4n) is 3.48. The lowest BCUT2D eigenvalue weighted by atomic mass is 9.88. The van der Waals surface area contributed by atoms with E-state index in [1.165, 1.54) is 44.9 Å². The molecule has 0 spiro atoms. The molecule has 2 aliphatic rings. The van der Waals surface area contributed by atoms with Crippen molar-refractivity contribution >= 4 is 21.8 Å². The van der Waals surface area contributed by atoms with Gasteiger partial charge in [-0.15, -0.1) is 0 Å². The van der Waals surface area contributed by atoms with Crippen LogP contribution in [0.2, 0.25) is 0 Å². The second-order valence-electron chi connectivity index (χ2n) is 5.68. The summed E-state index contributed by atoms with van der Waals surface area (Å²) in [5.41, 5.74) is 0. The van der Waals surface area contributed by atoms with Gasteiger partial charge in [-0.1, -0.05) is 35.2 Å². The summed E-state index contributed by atoms with van der Waals surface area (Å²) >= 11 is 3.44. The normalized spacial score (nSPS) is 30.8. The highest BCUT2D eigenvalue weighted by molar-refractivity contribution is 9.09. The Labute approximate surface area is 113 Å². The van der Waals surface area contributed by atoms with Crippen molar-refractivity contribution in [2.75, 3.05) is 11.9 Å². The lowest BCUT2D eigenvalue weighted by molar-refractivity contribution is -0.126. The lowest BCUT2D eigenvalue weighted by Crippen LogP contribution is -2.34. The van der Waals surface area contributed by atoms with Gasteiger partial charge in [0, 0.05) is 17.8 Å². The molecule has 2 aliphatic carbocycles. The molecule has 98 valence electrons. The van der Waals surface area contributed by atoms with E-state index in [0.717, 1.165) is 24.2 Å². The summed E-state index contributed by atoms with van der Waals surface area (Å²) in [6.07, 6.45) is 10.1. The molecule has 0 aromatic carbocycles. The van der Waals surface area contributed by atoms with Gasteiger partial charge in [0.05, 0.1) is 0 Å². The Kier molecular flexibility index (Phi) is 5.33. The molecular formula is C14H24BrNO. The van der Waals surface area contributed by atoms with E-state index in [4.69, 9.17) is 0 Å². The number of hydrogen-bond acceptors (Lipinski definition) is 1. The molecule has 2 rings (SSSR count). The fourth-order valence-corrected chi connectivity index (χ4v) is 3.88. The van der Waals surface area contributed by atoms with Crippen molar-refractivity contribution in [2.24, 2.45) is 17.8 Å². The van der Waals surface area contributed by atoms with Gasteiger partial charge in [-0.2, -0.15) is 0 Å². The minimum atomic E-state index is 0.345. The van der Waals surface area contributed by atoms with Crippen LogP contribution < -0.4 is 5.32 Å². The van der Waals surface area contributed by atoms with E-state index in [2.05, 4.69) is 21.2 Å². The minimum Gasteiger partial charge on any atom is -0.356 e. The molecule has 3 atom stereocenters. The highest BCUT2D eigenvalue weighted by Gasteiger charge is 2.42. The Bertz CT molecular complexity index is 257. The Morgan fingerprint density at radius 2 is 1.94 bits per heavy atom. The van der Waals surface area contributed by atoms with Crippen molar-refractivity contribution in [3.63, 3.8) is 0 Å².